The van der Waals surface area contributed by atoms with Crippen molar-refractivity contribution in [1.82, 2.24) is 19.9 Å². The third-order valence-electron chi connectivity index (χ3n) is 5.96. The summed E-state index contributed by atoms with van der Waals surface area (Å²) in [6.45, 7) is 0.512. The van der Waals surface area contributed by atoms with Crippen LogP contribution in [0.1, 0.15) is 41.6 Å². The molecule has 0 unspecified atom stereocenters. The molecule has 5 rings (SSSR count). The highest BCUT2D eigenvalue weighted by molar-refractivity contribution is 9.10. The number of halogens is 2. The molecule has 2 heterocycles. The van der Waals surface area contributed by atoms with E-state index in [9.17, 15) is 9.18 Å². The maximum Gasteiger partial charge on any atom is 0.251 e. The van der Waals surface area contributed by atoms with Crippen LogP contribution in [0.25, 0.3) is 16.9 Å². The molecule has 0 bridgehead atoms. The lowest BCUT2D eigenvalue weighted by atomic mass is 10.1. The molecule has 168 valence electrons. The molecule has 0 saturated heterocycles. The minimum absolute atomic E-state index is 0.0202. The smallest absolute Gasteiger partial charge is 0.251 e. The predicted octanol–water partition coefficient (Wildman–Crippen LogP) is 5.58. The van der Waals surface area contributed by atoms with E-state index in [4.69, 9.17) is 0 Å². The molecule has 1 aliphatic rings. The summed E-state index contributed by atoms with van der Waals surface area (Å²) >= 11 is 3.47. The lowest BCUT2D eigenvalue weighted by Gasteiger charge is -2.13. The van der Waals surface area contributed by atoms with E-state index in [0.717, 1.165) is 22.9 Å². The first-order valence-corrected chi connectivity index (χ1v) is 11.8. The van der Waals surface area contributed by atoms with Crippen LogP contribution in [0, 0.1) is 5.82 Å². The fraction of sp³-hybridized carbons (Fsp3) is 0.240. The summed E-state index contributed by atoms with van der Waals surface area (Å²) in [5.41, 5.74) is 3.21. The van der Waals surface area contributed by atoms with Crippen molar-refractivity contribution in [1.29, 1.82) is 0 Å². The van der Waals surface area contributed by atoms with Gasteiger partial charge in [0.05, 0.1) is 16.4 Å². The average molecular weight is 508 g/mol. The molecule has 0 atom stereocenters. The Labute approximate surface area is 199 Å². The van der Waals surface area contributed by atoms with Gasteiger partial charge in [0.1, 0.15) is 11.6 Å². The van der Waals surface area contributed by atoms with Crippen molar-refractivity contribution in [3.63, 3.8) is 0 Å². The molecule has 33 heavy (non-hydrogen) atoms. The number of carbonyl (C=O) groups is 1. The monoisotopic (exact) mass is 507 g/mol. The number of rotatable bonds is 6. The normalized spacial score (nSPS) is 14.0. The number of benzene rings is 2. The van der Waals surface area contributed by atoms with Gasteiger partial charge in [-0.2, -0.15) is 9.61 Å². The number of nitrogens with zero attached hydrogens (tertiary/aromatic N) is 3. The molecule has 0 radical (unpaired) electrons. The van der Waals surface area contributed by atoms with Gasteiger partial charge < -0.3 is 10.6 Å². The molecule has 1 fully saturated rings. The van der Waals surface area contributed by atoms with Gasteiger partial charge in [0.25, 0.3) is 5.91 Å². The van der Waals surface area contributed by atoms with E-state index in [1.807, 2.05) is 24.3 Å². The largest absolute Gasteiger partial charge is 0.366 e. The molecule has 4 aromatic rings. The Hall–Kier alpha value is -3.26. The minimum Gasteiger partial charge on any atom is -0.366 e. The third-order valence-corrected chi connectivity index (χ3v) is 6.52. The van der Waals surface area contributed by atoms with Gasteiger partial charge in [-0.25, -0.2) is 9.37 Å². The topological polar surface area (TPSA) is 71.3 Å². The zero-order chi connectivity index (χ0) is 22.8. The zero-order valence-electron chi connectivity index (χ0n) is 17.9. The zero-order valence-corrected chi connectivity index (χ0v) is 19.5. The number of anilines is 1. The van der Waals surface area contributed by atoms with E-state index in [0.29, 0.717) is 40.9 Å². The van der Waals surface area contributed by atoms with Crippen LogP contribution < -0.4 is 10.6 Å². The molecule has 1 saturated carbocycles. The van der Waals surface area contributed by atoms with Crippen LogP contribution in [-0.4, -0.2) is 26.5 Å². The van der Waals surface area contributed by atoms with E-state index in [2.05, 4.69) is 36.6 Å². The van der Waals surface area contributed by atoms with E-state index in [1.165, 1.54) is 18.9 Å². The van der Waals surface area contributed by atoms with Crippen LogP contribution in [0.2, 0.25) is 0 Å². The van der Waals surface area contributed by atoms with Gasteiger partial charge in [-0.3, -0.25) is 4.79 Å². The maximum atomic E-state index is 14.4. The van der Waals surface area contributed by atoms with E-state index >= 15 is 0 Å². The number of nitrogens with one attached hydrogen (secondary N) is 2. The van der Waals surface area contributed by atoms with Gasteiger partial charge in [-0.05, 0) is 58.6 Å². The first-order chi connectivity index (χ1) is 16.1. The first-order valence-electron chi connectivity index (χ1n) is 11.0. The Morgan fingerprint density at radius 1 is 1.12 bits per heavy atom. The fourth-order valence-corrected chi connectivity index (χ4v) is 4.52. The third kappa shape index (κ3) is 4.61. The number of aromatic nitrogens is 3. The molecule has 8 heteroatoms. The van der Waals surface area contributed by atoms with E-state index in [-0.39, 0.29) is 11.7 Å². The van der Waals surface area contributed by atoms with Crippen LogP contribution in [0.15, 0.2) is 65.3 Å². The number of fused-ring (bicyclic) bond motifs is 1. The van der Waals surface area contributed by atoms with Crippen molar-refractivity contribution >= 4 is 33.3 Å². The van der Waals surface area contributed by atoms with Gasteiger partial charge >= 0.3 is 0 Å². The Morgan fingerprint density at radius 3 is 2.64 bits per heavy atom. The van der Waals surface area contributed by atoms with Crippen molar-refractivity contribution < 1.29 is 9.18 Å². The van der Waals surface area contributed by atoms with Gasteiger partial charge in [-0.15, -0.1) is 0 Å². The molecule has 2 aromatic heterocycles. The lowest BCUT2D eigenvalue weighted by Crippen LogP contribution is -2.32. The van der Waals surface area contributed by atoms with Crippen molar-refractivity contribution in [3.8, 4) is 11.3 Å². The molecule has 6 nitrogen and oxygen atoms in total. The number of amides is 1. The molecular weight excluding hydrogens is 485 g/mol. The summed E-state index contributed by atoms with van der Waals surface area (Å²) in [4.78, 5) is 17.0. The Balaban J connectivity index is 1.35. The van der Waals surface area contributed by atoms with Crippen molar-refractivity contribution in [2.24, 2.45) is 0 Å². The van der Waals surface area contributed by atoms with Gasteiger partial charge in [-0.1, -0.05) is 37.1 Å². The summed E-state index contributed by atoms with van der Waals surface area (Å²) in [5.74, 6) is 0.336. The Bertz CT molecular complexity index is 1300. The second-order valence-electron chi connectivity index (χ2n) is 8.24. The Kier molecular flexibility index (Phi) is 6.09. The van der Waals surface area contributed by atoms with E-state index in [1.54, 1.807) is 35.0 Å². The van der Waals surface area contributed by atoms with Crippen molar-refractivity contribution in [3.05, 3.63) is 82.2 Å². The van der Waals surface area contributed by atoms with Crippen molar-refractivity contribution in [2.45, 2.75) is 38.3 Å². The average Bonchev–Trinajstić information content (AvgIpc) is 3.48. The molecule has 0 spiro atoms. The fourth-order valence-electron chi connectivity index (χ4n) is 4.17. The van der Waals surface area contributed by atoms with E-state index < -0.39 is 0 Å². The summed E-state index contributed by atoms with van der Waals surface area (Å²) in [5, 5.41) is 10.9. The quantitative estimate of drug-likeness (QED) is 0.357. The highest BCUT2D eigenvalue weighted by atomic mass is 79.9. The van der Waals surface area contributed by atoms with Crippen LogP contribution in [0.5, 0.6) is 0 Å². The van der Waals surface area contributed by atoms with Crippen LogP contribution in [0.4, 0.5) is 10.2 Å². The summed E-state index contributed by atoms with van der Waals surface area (Å²) < 4.78 is 16.8. The first kappa shape index (κ1) is 21.6. The standard InChI is InChI=1S/C25H23BrFN5O/c26-20-15-29-32-23(13-22(31-24(20)32)19-7-3-4-8-21(19)27)28-14-16-9-11-17(12-10-16)25(33)30-18-5-1-2-6-18/h3-4,7-13,15,18,28H,1-2,5-6,14H2,(H,30,33). The highest BCUT2D eigenvalue weighted by Crippen LogP contribution is 2.27. The molecule has 2 aromatic carbocycles. The van der Waals surface area contributed by atoms with Gasteiger partial charge in [0.15, 0.2) is 5.65 Å². The number of hydrogen-bond acceptors (Lipinski definition) is 4. The summed E-state index contributed by atoms with van der Waals surface area (Å²) in [6.07, 6.45) is 6.15. The second-order valence-corrected chi connectivity index (χ2v) is 9.09. The van der Waals surface area contributed by atoms with Gasteiger partial charge in [0, 0.05) is 29.8 Å². The molecule has 1 aliphatic carbocycles. The highest BCUT2D eigenvalue weighted by Gasteiger charge is 2.18. The van der Waals surface area contributed by atoms with Crippen molar-refractivity contribution in [2.75, 3.05) is 5.32 Å². The molecule has 0 aliphatic heterocycles. The molecular formula is C25H23BrFN5O. The Morgan fingerprint density at radius 2 is 1.88 bits per heavy atom. The predicted molar refractivity (Wildman–Crippen MR) is 130 cm³/mol. The van der Waals surface area contributed by atoms with Crippen LogP contribution in [0.3, 0.4) is 0 Å². The lowest BCUT2D eigenvalue weighted by molar-refractivity contribution is 0.0938. The SMILES string of the molecule is O=C(NC1CCCC1)c1ccc(CNc2cc(-c3ccccc3F)nc3c(Br)cnn23)cc1. The maximum absolute atomic E-state index is 14.4. The summed E-state index contributed by atoms with van der Waals surface area (Å²) in [7, 11) is 0. The molecule has 1 amide bonds. The van der Waals surface area contributed by atoms with Crippen LogP contribution in [-0.2, 0) is 6.54 Å². The minimum atomic E-state index is -0.331. The number of hydrogen-bond donors (Lipinski definition) is 2. The van der Waals surface area contributed by atoms with Gasteiger partial charge in [0.2, 0.25) is 0 Å². The van der Waals surface area contributed by atoms with Crippen LogP contribution >= 0.6 is 15.9 Å². The second kappa shape index (κ2) is 9.31. The summed E-state index contributed by atoms with van der Waals surface area (Å²) in [6, 6.07) is 16.2. The number of carbonyl (C=O) groups excluding carboxylic acids is 1. The molecule has 2 N–H and O–H groups in total.